The van der Waals surface area contributed by atoms with E-state index >= 15 is 0 Å². The standard InChI is InChI=1S/C15H12N4O6/c1-9(10-2-4-14(20)5-3-10)16-17-15(21)11-6-12(18(22)23)8-13(7-11)19(24)25/h2-8,20H,1H3,(H,17,21)/b16-9-. The first kappa shape index (κ1) is 17.5. The van der Waals surface area contributed by atoms with Crippen molar-refractivity contribution in [2.24, 2.45) is 5.10 Å². The molecule has 0 bridgehead atoms. The van der Waals surface area contributed by atoms with Crippen LogP contribution >= 0.6 is 0 Å². The Morgan fingerprint density at radius 3 is 2.00 bits per heavy atom. The minimum atomic E-state index is -0.829. The zero-order valence-electron chi connectivity index (χ0n) is 12.9. The van der Waals surface area contributed by atoms with Crippen molar-refractivity contribution in [1.82, 2.24) is 5.43 Å². The molecule has 2 N–H and O–H groups in total. The van der Waals surface area contributed by atoms with Crippen LogP contribution in [0.3, 0.4) is 0 Å². The van der Waals surface area contributed by atoms with Crippen molar-refractivity contribution in [3.05, 3.63) is 73.8 Å². The van der Waals surface area contributed by atoms with Crippen LogP contribution in [-0.2, 0) is 0 Å². The van der Waals surface area contributed by atoms with Gasteiger partial charge in [0.25, 0.3) is 17.3 Å². The Balaban J connectivity index is 2.25. The molecule has 0 saturated heterocycles. The average molecular weight is 344 g/mol. The van der Waals surface area contributed by atoms with E-state index in [0.717, 1.165) is 18.2 Å². The molecule has 0 aliphatic carbocycles. The number of hydrogen-bond acceptors (Lipinski definition) is 7. The molecular weight excluding hydrogens is 332 g/mol. The molecule has 0 atom stereocenters. The van der Waals surface area contributed by atoms with E-state index in [1.807, 2.05) is 0 Å². The van der Waals surface area contributed by atoms with Gasteiger partial charge in [0.15, 0.2) is 0 Å². The summed E-state index contributed by atoms with van der Waals surface area (Å²) in [5, 5.41) is 34.7. The second kappa shape index (κ2) is 7.17. The number of nitrogens with zero attached hydrogens (tertiary/aromatic N) is 3. The van der Waals surface area contributed by atoms with Crippen LogP contribution in [0.1, 0.15) is 22.8 Å². The maximum Gasteiger partial charge on any atom is 0.277 e. The second-order valence-electron chi connectivity index (χ2n) is 4.94. The summed E-state index contributed by atoms with van der Waals surface area (Å²) in [5.74, 6) is -0.755. The third kappa shape index (κ3) is 4.34. The summed E-state index contributed by atoms with van der Waals surface area (Å²) in [4.78, 5) is 32.1. The Morgan fingerprint density at radius 1 is 1.00 bits per heavy atom. The Kier molecular flexibility index (Phi) is 5.03. The van der Waals surface area contributed by atoms with E-state index in [1.54, 1.807) is 19.1 Å². The minimum absolute atomic E-state index is 0.0736. The Bertz CT molecular complexity index is 844. The number of carbonyl (C=O) groups excluding carboxylic acids is 1. The van der Waals surface area contributed by atoms with E-state index in [0.29, 0.717) is 11.3 Å². The third-order valence-corrected chi connectivity index (χ3v) is 3.20. The number of benzene rings is 2. The van der Waals surface area contributed by atoms with Crippen molar-refractivity contribution in [3.8, 4) is 5.75 Å². The Morgan fingerprint density at radius 2 is 1.52 bits per heavy atom. The van der Waals surface area contributed by atoms with Crippen LogP contribution in [0.4, 0.5) is 11.4 Å². The van der Waals surface area contributed by atoms with Crippen LogP contribution in [0.25, 0.3) is 0 Å². The van der Waals surface area contributed by atoms with E-state index in [-0.39, 0.29) is 11.3 Å². The summed E-state index contributed by atoms with van der Waals surface area (Å²) in [6.07, 6.45) is 0. The molecule has 0 aliphatic heterocycles. The van der Waals surface area contributed by atoms with Gasteiger partial charge in [-0.15, -0.1) is 0 Å². The fourth-order valence-electron chi connectivity index (χ4n) is 1.90. The zero-order valence-corrected chi connectivity index (χ0v) is 12.9. The molecule has 128 valence electrons. The molecule has 0 unspecified atom stereocenters. The first-order chi connectivity index (χ1) is 11.8. The first-order valence-corrected chi connectivity index (χ1v) is 6.86. The third-order valence-electron chi connectivity index (χ3n) is 3.20. The van der Waals surface area contributed by atoms with Gasteiger partial charge in [0.05, 0.1) is 27.2 Å². The maximum absolute atomic E-state index is 12.1. The lowest BCUT2D eigenvalue weighted by Crippen LogP contribution is -2.19. The van der Waals surface area contributed by atoms with Gasteiger partial charge in [-0.3, -0.25) is 25.0 Å². The summed E-state index contributed by atoms with van der Waals surface area (Å²) < 4.78 is 0. The average Bonchev–Trinajstić information content (AvgIpc) is 2.59. The number of nitro benzene ring substituents is 2. The first-order valence-electron chi connectivity index (χ1n) is 6.86. The fourth-order valence-corrected chi connectivity index (χ4v) is 1.90. The van der Waals surface area contributed by atoms with Gasteiger partial charge < -0.3 is 5.11 Å². The van der Waals surface area contributed by atoms with Crippen LogP contribution in [0.5, 0.6) is 5.75 Å². The number of phenols is 1. The lowest BCUT2D eigenvalue weighted by Gasteiger charge is -2.04. The monoisotopic (exact) mass is 344 g/mol. The number of amides is 1. The highest BCUT2D eigenvalue weighted by molar-refractivity contribution is 6.01. The molecule has 25 heavy (non-hydrogen) atoms. The quantitative estimate of drug-likeness (QED) is 0.483. The molecule has 0 fully saturated rings. The van der Waals surface area contributed by atoms with Crippen molar-refractivity contribution in [2.75, 3.05) is 0 Å². The van der Waals surface area contributed by atoms with Gasteiger partial charge >= 0.3 is 0 Å². The summed E-state index contributed by atoms with van der Waals surface area (Å²) in [5.41, 5.74) is 1.82. The molecule has 2 aromatic carbocycles. The summed E-state index contributed by atoms with van der Waals surface area (Å²) in [6, 6.07) is 8.67. The van der Waals surface area contributed by atoms with Crippen LogP contribution in [-0.4, -0.2) is 26.6 Å². The van der Waals surface area contributed by atoms with E-state index < -0.39 is 27.1 Å². The van der Waals surface area contributed by atoms with Crippen molar-refractivity contribution >= 4 is 23.0 Å². The lowest BCUT2D eigenvalue weighted by atomic mass is 10.1. The summed E-state index contributed by atoms with van der Waals surface area (Å²) >= 11 is 0. The molecule has 10 heteroatoms. The minimum Gasteiger partial charge on any atom is -0.508 e. The van der Waals surface area contributed by atoms with Crippen LogP contribution < -0.4 is 5.43 Å². The van der Waals surface area contributed by atoms with Crippen molar-refractivity contribution in [2.45, 2.75) is 6.92 Å². The van der Waals surface area contributed by atoms with Gasteiger partial charge in [0.2, 0.25) is 0 Å². The van der Waals surface area contributed by atoms with Gasteiger partial charge in [0, 0.05) is 12.1 Å². The lowest BCUT2D eigenvalue weighted by molar-refractivity contribution is -0.394. The Labute approximate surface area is 140 Å². The van der Waals surface area contributed by atoms with Crippen LogP contribution in [0.2, 0.25) is 0 Å². The number of non-ortho nitro benzene ring substituents is 2. The SMILES string of the molecule is C/C(=N/NC(=O)c1cc([N+](=O)[O-])cc([N+](=O)[O-])c1)c1ccc(O)cc1. The van der Waals surface area contributed by atoms with Crippen LogP contribution in [0, 0.1) is 20.2 Å². The molecule has 2 rings (SSSR count). The predicted molar refractivity (Wildman–Crippen MR) is 87.5 cm³/mol. The molecule has 2 aromatic rings. The van der Waals surface area contributed by atoms with E-state index in [1.165, 1.54) is 12.1 Å². The fraction of sp³-hybridized carbons (Fsp3) is 0.0667. The van der Waals surface area contributed by atoms with E-state index in [4.69, 9.17) is 0 Å². The van der Waals surface area contributed by atoms with Gasteiger partial charge in [-0.1, -0.05) is 0 Å². The highest BCUT2D eigenvalue weighted by atomic mass is 16.6. The molecule has 0 aliphatic rings. The number of nitro groups is 2. The smallest absolute Gasteiger partial charge is 0.277 e. The van der Waals surface area contributed by atoms with Crippen molar-refractivity contribution in [1.29, 1.82) is 0 Å². The molecule has 0 heterocycles. The highest BCUT2D eigenvalue weighted by Crippen LogP contribution is 2.22. The van der Waals surface area contributed by atoms with Gasteiger partial charge in [-0.25, -0.2) is 5.43 Å². The Hall–Kier alpha value is -3.82. The molecule has 1 amide bonds. The number of nitrogens with one attached hydrogen (secondary N) is 1. The number of hydrogen-bond donors (Lipinski definition) is 2. The number of aromatic hydroxyl groups is 1. The number of rotatable bonds is 5. The second-order valence-corrected chi connectivity index (χ2v) is 4.94. The molecule has 0 spiro atoms. The molecule has 0 aromatic heterocycles. The maximum atomic E-state index is 12.1. The summed E-state index contributed by atoms with van der Waals surface area (Å²) in [6.45, 7) is 1.60. The zero-order chi connectivity index (χ0) is 18.6. The number of phenolic OH excluding ortho intramolecular Hbond substituents is 1. The number of hydrazone groups is 1. The predicted octanol–water partition coefficient (Wildman–Crippen LogP) is 2.36. The molecular formula is C15H12N4O6. The highest BCUT2D eigenvalue weighted by Gasteiger charge is 2.19. The molecule has 0 radical (unpaired) electrons. The number of carbonyl (C=O) groups is 1. The normalized spacial score (nSPS) is 11.0. The van der Waals surface area contributed by atoms with Gasteiger partial charge in [0.1, 0.15) is 5.75 Å². The molecule has 0 saturated carbocycles. The van der Waals surface area contributed by atoms with Crippen molar-refractivity contribution < 1.29 is 19.7 Å². The van der Waals surface area contributed by atoms with E-state index in [9.17, 15) is 30.1 Å². The molecule has 10 nitrogen and oxygen atoms in total. The van der Waals surface area contributed by atoms with Crippen molar-refractivity contribution in [3.63, 3.8) is 0 Å². The van der Waals surface area contributed by atoms with Crippen LogP contribution in [0.15, 0.2) is 47.6 Å². The van der Waals surface area contributed by atoms with E-state index in [2.05, 4.69) is 10.5 Å². The topological polar surface area (TPSA) is 148 Å². The van der Waals surface area contributed by atoms with Gasteiger partial charge in [-0.05, 0) is 36.8 Å². The summed E-state index contributed by atoms with van der Waals surface area (Å²) in [7, 11) is 0. The van der Waals surface area contributed by atoms with Gasteiger partial charge in [-0.2, -0.15) is 5.10 Å². The largest absolute Gasteiger partial charge is 0.508 e.